The number of carbonyl (C=O) groups is 1. The molecular weight excluding hydrogens is 677 g/mol. The molecule has 1 atom stereocenters. The van der Waals surface area contributed by atoms with Crippen molar-refractivity contribution < 1.29 is 28.1 Å². The summed E-state index contributed by atoms with van der Waals surface area (Å²) in [5, 5.41) is 3.32. The minimum absolute atomic E-state index is 0.000724. The van der Waals surface area contributed by atoms with Gasteiger partial charge < -0.3 is 28.8 Å². The standard InChI is InChI=1S/C37H39ClFN7O5/c1-48-16-17-50-35-7-3-25(21-41-35)37(47)42-27-5-6-32-31(20-27)43-34(46(32)22-29-11-15-49-29)23-45-13-9-28(10-14-45)51-36-8-12-40-33(44-36)18-24-2-4-26(38)19-30(24)39/h2-8,12,19-21,28-29H,9-11,13-18,22-23H2,1H3,(H,42,47)/t29-/m0/s1. The number of likely N-dealkylation sites (tertiary alicyclic amines) is 1. The van der Waals surface area contributed by atoms with Crippen LogP contribution >= 0.6 is 11.6 Å². The lowest BCUT2D eigenvalue weighted by Gasteiger charge is -2.32. The topological polar surface area (TPSA) is 126 Å². The highest BCUT2D eigenvalue weighted by molar-refractivity contribution is 6.30. The van der Waals surface area contributed by atoms with Crippen LogP contribution in [0.1, 0.15) is 46.8 Å². The Labute approximate surface area is 299 Å². The smallest absolute Gasteiger partial charge is 0.257 e. The molecule has 3 aromatic heterocycles. The third-order valence-corrected chi connectivity index (χ3v) is 9.27. The van der Waals surface area contributed by atoms with Gasteiger partial charge in [0.25, 0.3) is 5.91 Å². The van der Waals surface area contributed by atoms with Gasteiger partial charge in [-0.2, -0.15) is 4.98 Å². The molecule has 51 heavy (non-hydrogen) atoms. The second-order valence-corrected chi connectivity index (χ2v) is 13.1. The lowest BCUT2D eigenvalue weighted by molar-refractivity contribution is -0.0592. The maximum absolute atomic E-state index is 14.3. The largest absolute Gasteiger partial charge is 0.475 e. The van der Waals surface area contributed by atoms with Crippen LogP contribution < -0.4 is 14.8 Å². The number of hydrogen-bond acceptors (Lipinski definition) is 10. The molecule has 7 rings (SSSR count). The first kappa shape index (κ1) is 34.7. The number of nitrogens with zero attached hydrogens (tertiary/aromatic N) is 6. The second kappa shape index (κ2) is 16.1. The minimum atomic E-state index is -0.383. The maximum atomic E-state index is 14.3. The van der Waals surface area contributed by atoms with E-state index >= 15 is 0 Å². The molecule has 0 radical (unpaired) electrons. The number of hydrogen-bond donors (Lipinski definition) is 1. The van der Waals surface area contributed by atoms with Gasteiger partial charge in [0, 0.05) is 68.5 Å². The van der Waals surface area contributed by atoms with Crippen molar-refractivity contribution in [1.29, 1.82) is 0 Å². The number of halogens is 2. The molecule has 5 aromatic rings. The summed E-state index contributed by atoms with van der Waals surface area (Å²) in [7, 11) is 1.60. The van der Waals surface area contributed by atoms with E-state index in [1.54, 1.807) is 43.6 Å². The molecule has 14 heteroatoms. The second-order valence-electron chi connectivity index (χ2n) is 12.6. The molecule has 0 spiro atoms. The maximum Gasteiger partial charge on any atom is 0.257 e. The third kappa shape index (κ3) is 8.79. The number of pyridine rings is 1. The van der Waals surface area contributed by atoms with Gasteiger partial charge >= 0.3 is 0 Å². The summed E-state index contributed by atoms with van der Waals surface area (Å²) in [6, 6.07) is 15.5. The van der Waals surface area contributed by atoms with Crippen LogP contribution in [0.25, 0.3) is 11.0 Å². The highest BCUT2D eigenvalue weighted by Gasteiger charge is 2.26. The van der Waals surface area contributed by atoms with E-state index in [1.807, 2.05) is 18.2 Å². The molecule has 5 heterocycles. The number of methoxy groups -OCH3 is 1. The zero-order valence-corrected chi connectivity index (χ0v) is 29.0. The van der Waals surface area contributed by atoms with Crippen molar-refractivity contribution in [1.82, 2.24) is 29.4 Å². The van der Waals surface area contributed by atoms with Crippen LogP contribution in [0.4, 0.5) is 10.1 Å². The molecule has 0 saturated carbocycles. The van der Waals surface area contributed by atoms with Gasteiger partial charge in [0.2, 0.25) is 11.8 Å². The Hall–Kier alpha value is -4.69. The predicted molar refractivity (Wildman–Crippen MR) is 189 cm³/mol. The van der Waals surface area contributed by atoms with Crippen molar-refractivity contribution in [3.63, 3.8) is 0 Å². The number of piperidine rings is 1. The molecule has 2 aliphatic rings. The molecule has 0 aliphatic carbocycles. The van der Waals surface area contributed by atoms with Crippen molar-refractivity contribution in [2.24, 2.45) is 0 Å². The zero-order valence-electron chi connectivity index (χ0n) is 28.3. The van der Waals surface area contributed by atoms with Crippen LogP contribution in [-0.4, -0.2) is 87.5 Å². The highest BCUT2D eigenvalue weighted by Crippen LogP contribution is 2.27. The van der Waals surface area contributed by atoms with Gasteiger partial charge in [-0.25, -0.2) is 19.3 Å². The summed E-state index contributed by atoms with van der Waals surface area (Å²) in [6.07, 6.45) is 6.19. The van der Waals surface area contributed by atoms with Crippen LogP contribution in [0, 0.1) is 5.82 Å². The highest BCUT2D eigenvalue weighted by atomic mass is 35.5. The summed E-state index contributed by atoms with van der Waals surface area (Å²) in [5.74, 6) is 1.69. The van der Waals surface area contributed by atoms with E-state index < -0.39 is 0 Å². The van der Waals surface area contributed by atoms with E-state index in [-0.39, 0.29) is 30.4 Å². The number of aromatic nitrogens is 5. The van der Waals surface area contributed by atoms with E-state index in [1.165, 1.54) is 12.3 Å². The van der Waals surface area contributed by atoms with Gasteiger partial charge in [-0.3, -0.25) is 9.69 Å². The van der Waals surface area contributed by atoms with Crippen LogP contribution in [0.5, 0.6) is 11.8 Å². The van der Waals surface area contributed by atoms with Gasteiger partial charge in [-0.15, -0.1) is 0 Å². The fraction of sp³-hybridized carbons (Fsp3) is 0.378. The van der Waals surface area contributed by atoms with Gasteiger partial charge in [0.1, 0.15) is 30.2 Å². The van der Waals surface area contributed by atoms with E-state index in [2.05, 4.69) is 29.7 Å². The lowest BCUT2D eigenvalue weighted by Crippen LogP contribution is -2.39. The summed E-state index contributed by atoms with van der Waals surface area (Å²) in [6.45, 7) is 4.65. The van der Waals surface area contributed by atoms with E-state index in [0.29, 0.717) is 59.2 Å². The Morgan fingerprint density at radius 1 is 1.02 bits per heavy atom. The molecule has 1 amide bonds. The Morgan fingerprint density at radius 2 is 1.88 bits per heavy atom. The quantitative estimate of drug-likeness (QED) is 0.143. The Kier molecular flexibility index (Phi) is 11.0. The van der Waals surface area contributed by atoms with Gasteiger partial charge in [0.05, 0.1) is 42.4 Å². The molecule has 0 bridgehead atoms. The Balaban J connectivity index is 0.975. The molecule has 1 N–H and O–H groups in total. The lowest BCUT2D eigenvalue weighted by atomic mass is 10.1. The van der Waals surface area contributed by atoms with Crippen LogP contribution in [-0.2, 0) is 29.0 Å². The minimum Gasteiger partial charge on any atom is -0.475 e. The predicted octanol–water partition coefficient (Wildman–Crippen LogP) is 5.71. The first-order valence-corrected chi connectivity index (χ1v) is 17.4. The normalized spacial score (nSPS) is 16.6. The summed E-state index contributed by atoms with van der Waals surface area (Å²) in [4.78, 5) is 33.5. The molecule has 12 nitrogen and oxygen atoms in total. The van der Waals surface area contributed by atoms with Crippen LogP contribution in [0.3, 0.4) is 0 Å². The average Bonchev–Trinajstić information content (AvgIpc) is 3.44. The van der Waals surface area contributed by atoms with Crippen molar-refractivity contribution in [2.45, 2.75) is 51.0 Å². The SMILES string of the molecule is COCCOc1ccc(C(=O)Nc2ccc3c(c2)nc(CN2CCC(Oc4ccnc(Cc5ccc(Cl)cc5F)n4)CC2)n3C[C@@H]2CCO2)cn1. The molecular formula is C37H39ClFN7O5. The van der Waals surface area contributed by atoms with E-state index in [9.17, 15) is 9.18 Å². The average molecular weight is 716 g/mol. The fourth-order valence-electron chi connectivity index (χ4n) is 6.17. The van der Waals surface area contributed by atoms with Gasteiger partial charge in [-0.1, -0.05) is 17.7 Å². The number of nitrogens with one attached hydrogen (secondary N) is 1. The first-order chi connectivity index (χ1) is 24.9. The monoisotopic (exact) mass is 715 g/mol. The number of amides is 1. The zero-order chi connectivity index (χ0) is 35.2. The summed E-state index contributed by atoms with van der Waals surface area (Å²) < 4.78 is 39.1. The molecule has 2 aromatic carbocycles. The Bertz CT molecular complexity index is 1970. The van der Waals surface area contributed by atoms with Crippen molar-refractivity contribution >= 4 is 34.2 Å². The van der Waals surface area contributed by atoms with Gasteiger partial charge in [-0.05, 0) is 61.2 Å². The van der Waals surface area contributed by atoms with Crippen LogP contribution in [0.2, 0.25) is 5.02 Å². The van der Waals surface area contributed by atoms with E-state index in [4.69, 9.17) is 35.5 Å². The molecule has 2 aliphatic heterocycles. The molecule has 0 unspecified atom stereocenters. The summed E-state index contributed by atoms with van der Waals surface area (Å²) >= 11 is 5.89. The molecule has 2 saturated heterocycles. The van der Waals surface area contributed by atoms with Crippen molar-refractivity contribution in [2.75, 3.05) is 45.3 Å². The van der Waals surface area contributed by atoms with Crippen LogP contribution in [0.15, 0.2) is 67.0 Å². The number of rotatable bonds is 14. The number of carbonyl (C=O) groups excluding carboxylic acids is 1. The summed E-state index contributed by atoms with van der Waals surface area (Å²) in [5.41, 5.74) is 3.34. The molecule has 2 fully saturated rings. The number of benzene rings is 2. The van der Waals surface area contributed by atoms with E-state index in [0.717, 1.165) is 62.4 Å². The third-order valence-electron chi connectivity index (χ3n) is 9.03. The number of ether oxygens (including phenoxy) is 4. The first-order valence-electron chi connectivity index (χ1n) is 17.0. The van der Waals surface area contributed by atoms with Crippen molar-refractivity contribution in [3.8, 4) is 11.8 Å². The number of anilines is 1. The number of imidazole rings is 1. The fourth-order valence-corrected chi connectivity index (χ4v) is 6.33. The molecule has 266 valence electrons. The van der Waals surface area contributed by atoms with Crippen molar-refractivity contribution in [3.05, 3.63) is 101 Å². The number of fused-ring (bicyclic) bond motifs is 1. The van der Waals surface area contributed by atoms with Gasteiger partial charge in [0.15, 0.2) is 0 Å². The Morgan fingerprint density at radius 3 is 2.63 bits per heavy atom.